The molecule has 2 atom stereocenters. The zero-order valence-electron chi connectivity index (χ0n) is 21.9. The number of benzene rings is 1. The van der Waals surface area contributed by atoms with Crippen molar-refractivity contribution in [2.45, 2.75) is 31.5 Å². The lowest BCUT2D eigenvalue weighted by molar-refractivity contribution is -0.117. The van der Waals surface area contributed by atoms with E-state index in [4.69, 9.17) is 0 Å². The van der Waals surface area contributed by atoms with E-state index in [1.165, 1.54) is 0 Å². The van der Waals surface area contributed by atoms with Crippen LogP contribution in [0.25, 0.3) is 0 Å². The number of fused-ring (bicyclic) bond motifs is 3. The molecule has 1 saturated heterocycles. The molecule has 3 aliphatic rings. The standard InChI is InChI=1S/C28H36N8O2/c1-28(38)12-4-3-5-13-29-26(37)22-19-30-27(34-25(22)33-24-11-7-10-23(28)32-24)31-20-8-6-9-21(18-20)36-16-14-35(2)15-17-36/h3,5-11,18-19,25,38H,4,12-17H2,1-2H3,(H,29,37)(H,32,33)(H2,30,31,34)/b5-3-. The summed E-state index contributed by atoms with van der Waals surface area (Å²) < 4.78 is 0. The molecule has 0 spiro atoms. The molecular formula is C28H36N8O2. The van der Waals surface area contributed by atoms with Crippen LogP contribution in [0.2, 0.25) is 0 Å². The lowest BCUT2D eigenvalue weighted by atomic mass is 9.95. The highest BCUT2D eigenvalue weighted by atomic mass is 16.3. The highest BCUT2D eigenvalue weighted by molar-refractivity contribution is 6.01. The summed E-state index contributed by atoms with van der Waals surface area (Å²) in [5.41, 5.74) is 2.00. The number of likely N-dealkylation sites (N-methyl/N-ethyl adjacent to an activating group) is 1. The molecule has 10 heteroatoms. The maximum Gasteiger partial charge on any atom is 0.253 e. The van der Waals surface area contributed by atoms with Crippen LogP contribution in [0.1, 0.15) is 25.5 Å². The van der Waals surface area contributed by atoms with E-state index in [1.54, 1.807) is 13.1 Å². The number of pyridine rings is 1. The van der Waals surface area contributed by atoms with Crippen molar-refractivity contribution in [2.24, 2.45) is 4.99 Å². The van der Waals surface area contributed by atoms with Gasteiger partial charge < -0.3 is 36.2 Å². The minimum absolute atomic E-state index is 0.222. The van der Waals surface area contributed by atoms with Gasteiger partial charge in [-0.15, -0.1) is 0 Å². The lowest BCUT2D eigenvalue weighted by Gasteiger charge is -2.34. The fourth-order valence-electron chi connectivity index (χ4n) is 4.72. The number of nitrogens with zero attached hydrogens (tertiary/aromatic N) is 4. The van der Waals surface area contributed by atoms with Crippen LogP contribution < -0.4 is 26.2 Å². The van der Waals surface area contributed by atoms with E-state index in [2.05, 4.69) is 60.2 Å². The number of anilines is 3. The monoisotopic (exact) mass is 516 g/mol. The van der Waals surface area contributed by atoms with Crippen molar-refractivity contribution < 1.29 is 9.90 Å². The third kappa shape index (κ3) is 6.15. The van der Waals surface area contributed by atoms with Crippen molar-refractivity contribution >= 4 is 29.1 Å². The van der Waals surface area contributed by atoms with Crippen LogP contribution in [0.4, 0.5) is 17.2 Å². The summed E-state index contributed by atoms with van der Waals surface area (Å²) in [6.07, 6.45) is 6.04. The van der Waals surface area contributed by atoms with Gasteiger partial charge in [0.25, 0.3) is 5.91 Å². The van der Waals surface area contributed by atoms with Gasteiger partial charge >= 0.3 is 0 Å². The maximum absolute atomic E-state index is 13.0. The van der Waals surface area contributed by atoms with Gasteiger partial charge in [-0.25, -0.2) is 9.98 Å². The molecule has 10 nitrogen and oxygen atoms in total. The zero-order valence-corrected chi connectivity index (χ0v) is 21.9. The molecule has 2 unspecified atom stereocenters. The molecule has 5 rings (SSSR count). The fraction of sp³-hybridized carbons (Fsp3) is 0.393. The summed E-state index contributed by atoms with van der Waals surface area (Å²) in [6, 6.07) is 13.8. The van der Waals surface area contributed by atoms with Gasteiger partial charge in [-0.05, 0) is 57.1 Å². The van der Waals surface area contributed by atoms with E-state index >= 15 is 0 Å². The van der Waals surface area contributed by atoms with E-state index in [9.17, 15) is 9.90 Å². The van der Waals surface area contributed by atoms with Crippen molar-refractivity contribution in [3.8, 4) is 0 Å². The molecule has 1 fully saturated rings. The van der Waals surface area contributed by atoms with Crippen LogP contribution in [0.15, 0.2) is 71.4 Å². The number of nitrogens with one attached hydrogen (secondary N) is 4. The van der Waals surface area contributed by atoms with Crippen molar-refractivity contribution in [3.63, 3.8) is 0 Å². The first-order valence-electron chi connectivity index (χ1n) is 13.1. The summed E-state index contributed by atoms with van der Waals surface area (Å²) in [4.78, 5) is 26.9. The van der Waals surface area contributed by atoms with Gasteiger partial charge in [0.2, 0.25) is 5.96 Å². The summed E-state index contributed by atoms with van der Waals surface area (Å²) in [6.45, 7) is 6.21. The Hall–Kier alpha value is -3.89. The highest BCUT2D eigenvalue weighted by Crippen LogP contribution is 2.26. The number of guanidine groups is 1. The second-order valence-electron chi connectivity index (χ2n) is 10.2. The molecule has 4 heterocycles. The van der Waals surface area contributed by atoms with Crippen molar-refractivity contribution in [1.82, 2.24) is 20.5 Å². The maximum atomic E-state index is 13.0. The SMILES string of the molecule is CN1CCN(c2cccc(NC3=NC=C4C(=O)NC/C=C\CCC(C)(O)c5cccc(n5)NC4N3)c2)CC1. The summed E-state index contributed by atoms with van der Waals surface area (Å²) in [7, 11) is 2.15. The fourth-order valence-corrected chi connectivity index (χ4v) is 4.72. The van der Waals surface area contributed by atoms with E-state index < -0.39 is 11.8 Å². The Morgan fingerprint density at radius 1 is 1.08 bits per heavy atom. The average Bonchev–Trinajstić information content (AvgIpc) is 2.91. The van der Waals surface area contributed by atoms with Crippen LogP contribution in [0, 0.1) is 0 Å². The second-order valence-corrected chi connectivity index (χ2v) is 10.2. The first kappa shape index (κ1) is 25.7. The number of carbonyl (C=O) groups excluding carboxylic acids is 1. The Kier molecular flexibility index (Phi) is 7.62. The van der Waals surface area contributed by atoms with Crippen molar-refractivity contribution in [1.29, 1.82) is 0 Å². The Balaban J connectivity index is 1.37. The number of aromatic nitrogens is 1. The average molecular weight is 517 g/mol. The van der Waals surface area contributed by atoms with Crippen molar-refractivity contribution in [3.05, 3.63) is 72.1 Å². The van der Waals surface area contributed by atoms with Gasteiger partial charge in [-0.1, -0.05) is 24.3 Å². The Labute approximate surface area is 223 Å². The molecule has 38 heavy (non-hydrogen) atoms. The zero-order chi connectivity index (χ0) is 26.5. The van der Waals surface area contributed by atoms with Gasteiger partial charge in [0.1, 0.15) is 17.6 Å². The first-order valence-corrected chi connectivity index (χ1v) is 13.1. The van der Waals surface area contributed by atoms with Gasteiger partial charge in [0.15, 0.2) is 0 Å². The van der Waals surface area contributed by atoms with Crippen LogP contribution in [-0.4, -0.2) is 72.8 Å². The molecule has 200 valence electrons. The summed E-state index contributed by atoms with van der Waals surface area (Å²) in [5.74, 6) is 0.836. The minimum atomic E-state index is -1.07. The molecule has 1 amide bonds. The topological polar surface area (TPSA) is 117 Å². The number of carbonyl (C=O) groups is 1. The Morgan fingerprint density at radius 3 is 2.74 bits per heavy atom. The van der Waals surface area contributed by atoms with Gasteiger partial charge in [-0.3, -0.25) is 4.79 Å². The Morgan fingerprint density at radius 2 is 1.89 bits per heavy atom. The summed E-state index contributed by atoms with van der Waals surface area (Å²) in [5, 5.41) is 23.9. The Bertz CT molecular complexity index is 1250. The number of rotatable bonds is 2. The van der Waals surface area contributed by atoms with E-state index in [-0.39, 0.29) is 5.91 Å². The van der Waals surface area contributed by atoms with Crippen LogP contribution in [0.5, 0.6) is 0 Å². The second kappa shape index (κ2) is 11.2. The molecule has 5 N–H and O–H groups in total. The summed E-state index contributed by atoms with van der Waals surface area (Å²) >= 11 is 0. The number of hydrogen-bond acceptors (Lipinski definition) is 9. The molecule has 3 aliphatic heterocycles. The third-order valence-corrected chi connectivity index (χ3v) is 7.10. The molecule has 1 aromatic heterocycles. The molecule has 0 radical (unpaired) electrons. The van der Waals surface area contributed by atoms with E-state index in [0.29, 0.717) is 42.4 Å². The number of aliphatic imine (C=N–C) groups is 1. The van der Waals surface area contributed by atoms with Gasteiger partial charge in [0, 0.05) is 50.3 Å². The number of allylic oxidation sites excluding steroid dienone is 1. The number of amides is 1. The van der Waals surface area contributed by atoms with Gasteiger partial charge in [0.05, 0.1) is 11.3 Å². The predicted molar refractivity (Wildman–Crippen MR) is 151 cm³/mol. The van der Waals surface area contributed by atoms with Crippen LogP contribution in [0.3, 0.4) is 0 Å². The van der Waals surface area contributed by atoms with E-state index in [0.717, 1.165) is 37.6 Å². The van der Waals surface area contributed by atoms with Crippen molar-refractivity contribution in [2.75, 3.05) is 55.3 Å². The largest absolute Gasteiger partial charge is 0.384 e. The molecule has 0 saturated carbocycles. The van der Waals surface area contributed by atoms with Gasteiger partial charge in [-0.2, -0.15) is 0 Å². The van der Waals surface area contributed by atoms with Crippen LogP contribution in [-0.2, 0) is 10.4 Å². The predicted octanol–water partition coefficient (Wildman–Crippen LogP) is 2.20. The normalized spacial score (nSPS) is 25.4. The van der Waals surface area contributed by atoms with Crippen LogP contribution >= 0.6 is 0 Å². The molecule has 1 aromatic carbocycles. The quantitative estimate of drug-likeness (QED) is 0.386. The third-order valence-electron chi connectivity index (χ3n) is 7.10. The smallest absolute Gasteiger partial charge is 0.253 e. The number of piperazine rings is 1. The molecule has 2 bridgehead atoms. The number of aliphatic hydroxyl groups is 1. The number of hydrogen-bond donors (Lipinski definition) is 5. The molecule has 0 aliphatic carbocycles. The highest BCUT2D eigenvalue weighted by Gasteiger charge is 2.28. The minimum Gasteiger partial charge on any atom is -0.384 e. The molecule has 2 aromatic rings. The lowest BCUT2D eigenvalue weighted by Crippen LogP contribution is -2.50. The molecular weight excluding hydrogens is 480 g/mol. The first-order chi connectivity index (χ1) is 18.4. The van der Waals surface area contributed by atoms with E-state index in [1.807, 2.05) is 42.5 Å².